The normalized spacial score (nSPS) is 32.9. The molecule has 0 aromatic heterocycles. The first-order chi connectivity index (χ1) is 10.5. The van der Waals surface area contributed by atoms with Crippen LogP contribution >= 0.6 is 0 Å². The lowest BCUT2D eigenvalue weighted by molar-refractivity contribution is -0.903. The highest BCUT2D eigenvalue weighted by Gasteiger charge is 2.54. The van der Waals surface area contributed by atoms with E-state index in [-0.39, 0.29) is 35.5 Å². The van der Waals surface area contributed by atoms with E-state index in [4.69, 9.17) is 9.47 Å². The summed E-state index contributed by atoms with van der Waals surface area (Å²) in [4.78, 5) is 0. The van der Waals surface area contributed by atoms with Crippen LogP contribution in [0.25, 0.3) is 0 Å². The summed E-state index contributed by atoms with van der Waals surface area (Å²) in [6.45, 7) is 2.09. The van der Waals surface area contributed by atoms with Crippen LogP contribution in [0.15, 0.2) is 24.3 Å². The van der Waals surface area contributed by atoms with Crippen LogP contribution in [0.5, 0.6) is 11.5 Å². The van der Waals surface area contributed by atoms with Crippen LogP contribution in [0, 0.1) is 0 Å². The van der Waals surface area contributed by atoms with Gasteiger partial charge in [0, 0.05) is 24.0 Å². The number of nitrogens with zero attached hydrogens (tertiary/aromatic N) is 1. The molecule has 0 saturated heterocycles. The highest BCUT2D eigenvalue weighted by molar-refractivity contribution is 5.60. The molecule has 2 heterocycles. The molecule has 1 spiro atoms. The summed E-state index contributed by atoms with van der Waals surface area (Å²) in [5, 5.41) is 10.0. The molecule has 0 amide bonds. The minimum Gasteiger partial charge on any atom is -1.00 e. The predicted molar refractivity (Wildman–Crippen MR) is 84.1 cm³/mol. The molecule has 0 unspecified atom stereocenters. The quantitative estimate of drug-likeness (QED) is 0.354. The van der Waals surface area contributed by atoms with Gasteiger partial charge in [0.05, 0.1) is 39.3 Å². The number of quaternary nitrogens is 1. The molecule has 1 aromatic carbocycles. The second-order valence-corrected chi connectivity index (χ2v) is 7.51. The third kappa shape index (κ3) is 2.48. The predicted octanol–water partition coefficient (Wildman–Crippen LogP) is -1.00. The SMILES string of the molecule is COc1ccc2c3c1O[C@H]1C[C@@H](O)C=C[C@@]31CC[N+](C)(C)C2.[I-]. The average Bonchev–Trinajstić information content (AvgIpc) is 2.74. The number of aliphatic hydroxyl groups excluding tert-OH is 1. The van der Waals surface area contributed by atoms with Crippen LogP contribution in [0.4, 0.5) is 0 Å². The van der Waals surface area contributed by atoms with Gasteiger partial charge in [-0.3, -0.25) is 0 Å². The fourth-order valence-electron chi connectivity index (χ4n) is 4.36. The summed E-state index contributed by atoms with van der Waals surface area (Å²) in [6.07, 6.45) is 5.44. The molecule has 1 aromatic rings. The number of rotatable bonds is 1. The van der Waals surface area contributed by atoms with Crippen LogP contribution in [0.3, 0.4) is 0 Å². The van der Waals surface area contributed by atoms with Gasteiger partial charge in [-0.05, 0) is 12.1 Å². The van der Waals surface area contributed by atoms with Crippen molar-refractivity contribution in [1.29, 1.82) is 0 Å². The van der Waals surface area contributed by atoms with Crippen molar-refractivity contribution in [2.24, 2.45) is 0 Å². The van der Waals surface area contributed by atoms with Crippen molar-refractivity contribution in [3.8, 4) is 11.5 Å². The van der Waals surface area contributed by atoms with Gasteiger partial charge in [-0.25, -0.2) is 0 Å². The summed E-state index contributed by atoms with van der Waals surface area (Å²) >= 11 is 0. The summed E-state index contributed by atoms with van der Waals surface area (Å²) < 4.78 is 12.8. The van der Waals surface area contributed by atoms with E-state index in [0.29, 0.717) is 6.42 Å². The molecule has 0 fully saturated rings. The van der Waals surface area contributed by atoms with E-state index in [0.717, 1.165) is 35.5 Å². The Morgan fingerprint density at radius 3 is 2.87 bits per heavy atom. The third-order valence-electron chi connectivity index (χ3n) is 5.53. The van der Waals surface area contributed by atoms with Crippen molar-refractivity contribution in [1.82, 2.24) is 0 Å². The maximum atomic E-state index is 10.0. The fourth-order valence-corrected chi connectivity index (χ4v) is 4.36. The zero-order chi connectivity index (χ0) is 15.5. The van der Waals surface area contributed by atoms with Crippen LogP contribution < -0.4 is 33.5 Å². The molecule has 1 N–H and O–H groups in total. The largest absolute Gasteiger partial charge is 1.00 e. The first-order valence-corrected chi connectivity index (χ1v) is 8.02. The Bertz CT molecular complexity index is 658. The maximum Gasteiger partial charge on any atom is 0.166 e. The minimum absolute atomic E-state index is 0. The van der Waals surface area contributed by atoms with Gasteiger partial charge >= 0.3 is 0 Å². The maximum absolute atomic E-state index is 10.0. The van der Waals surface area contributed by atoms with E-state index in [1.807, 2.05) is 12.1 Å². The molecule has 2 aliphatic heterocycles. The van der Waals surface area contributed by atoms with Gasteiger partial charge in [0.1, 0.15) is 12.6 Å². The van der Waals surface area contributed by atoms with E-state index in [1.165, 1.54) is 11.1 Å². The van der Waals surface area contributed by atoms with Gasteiger partial charge < -0.3 is 43.0 Å². The molecule has 4 rings (SSSR count). The number of hydrogen-bond acceptors (Lipinski definition) is 3. The van der Waals surface area contributed by atoms with Crippen molar-refractivity contribution in [3.05, 3.63) is 35.4 Å². The van der Waals surface area contributed by atoms with Gasteiger partial charge in [-0.1, -0.05) is 12.2 Å². The first-order valence-electron chi connectivity index (χ1n) is 8.02. The molecule has 4 nitrogen and oxygen atoms in total. The lowest BCUT2D eigenvalue weighted by Gasteiger charge is -2.36. The third-order valence-corrected chi connectivity index (χ3v) is 5.53. The van der Waals surface area contributed by atoms with Crippen molar-refractivity contribution >= 4 is 0 Å². The van der Waals surface area contributed by atoms with E-state index in [2.05, 4.69) is 26.2 Å². The molecule has 3 aliphatic rings. The van der Waals surface area contributed by atoms with Crippen LogP contribution in [0.2, 0.25) is 0 Å². The summed E-state index contributed by atoms with van der Waals surface area (Å²) in [6, 6.07) is 4.21. The lowest BCUT2D eigenvalue weighted by atomic mass is 9.69. The summed E-state index contributed by atoms with van der Waals surface area (Å²) in [5.74, 6) is 1.70. The van der Waals surface area contributed by atoms with Crippen LogP contribution in [-0.4, -0.2) is 49.5 Å². The zero-order valence-corrected chi connectivity index (χ0v) is 16.0. The number of ether oxygens (including phenoxy) is 2. The van der Waals surface area contributed by atoms with Crippen molar-refractivity contribution in [3.63, 3.8) is 0 Å². The molecule has 23 heavy (non-hydrogen) atoms. The smallest absolute Gasteiger partial charge is 0.166 e. The second-order valence-electron chi connectivity index (χ2n) is 7.51. The van der Waals surface area contributed by atoms with Gasteiger partial charge in [0.2, 0.25) is 0 Å². The van der Waals surface area contributed by atoms with Crippen molar-refractivity contribution in [2.45, 2.75) is 37.0 Å². The van der Waals surface area contributed by atoms with Gasteiger partial charge in [0.15, 0.2) is 11.5 Å². The van der Waals surface area contributed by atoms with Crippen molar-refractivity contribution < 1.29 is 43.0 Å². The minimum atomic E-state index is -0.412. The van der Waals surface area contributed by atoms with E-state index in [9.17, 15) is 5.11 Å². The monoisotopic (exact) mass is 429 g/mol. The van der Waals surface area contributed by atoms with E-state index < -0.39 is 6.10 Å². The number of halogens is 1. The standard InChI is InChI=1S/C18H24NO3.HI/c1-19(2)9-8-18-7-6-13(20)10-15(18)22-17-14(21-3)5-4-12(11-19)16(17)18;/h4-7,13,15,20H,8-11H2,1-3H3;1H/q+1;/p-1/t13-,15-,18-;/m0./s1. The number of methoxy groups -OCH3 is 1. The fraction of sp³-hybridized carbons (Fsp3) is 0.556. The molecule has 0 saturated carbocycles. The average molecular weight is 429 g/mol. The Morgan fingerprint density at radius 1 is 1.35 bits per heavy atom. The molecule has 126 valence electrons. The Kier molecular flexibility index (Phi) is 4.18. The first kappa shape index (κ1) is 17.0. The number of hydrogen-bond donors (Lipinski definition) is 1. The van der Waals surface area contributed by atoms with Gasteiger partial charge in [-0.2, -0.15) is 0 Å². The van der Waals surface area contributed by atoms with Crippen molar-refractivity contribution in [2.75, 3.05) is 27.7 Å². The lowest BCUT2D eigenvalue weighted by Crippen LogP contribution is -3.00. The molecule has 0 radical (unpaired) electrons. The number of aliphatic hydroxyl groups is 1. The molecule has 5 heteroatoms. The Morgan fingerprint density at radius 2 is 2.13 bits per heavy atom. The highest BCUT2D eigenvalue weighted by atomic mass is 127. The zero-order valence-electron chi connectivity index (χ0n) is 13.9. The molecule has 3 atom stereocenters. The number of benzene rings is 1. The topological polar surface area (TPSA) is 38.7 Å². The van der Waals surface area contributed by atoms with E-state index >= 15 is 0 Å². The van der Waals surface area contributed by atoms with Gasteiger partial charge in [-0.15, -0.1) is 0 Å². The van der Waals surface area contributed by atoms with Gasteiger partial charge in [0.25, 0.3) is 0 Å². The van der Waals surface area contributed by atoms with Crippen LogP contribution in [0.1, 0.15) is 24.0 Å². The summed E-state index contributed by atoms with van der Waals surface area (Å²) in [5.41, 5.74) is 2.54. The Balaban J connectivity index is 0.00000156. The molecule has 0 bridgehead atoms. The molecular weight excluding hydrogens is 405 g/mol. The molecular formula is C18H24INO3. The summed E-state index contributed by atoms with van der Waals surface area (Å²) in [7, 11) is 6.26. The Hall–Kier alpha value is -0.790. The Labute approximate surface area is 154 Å². The molecule has 1 aliphatic carbocycles. The van der Waals surface area contributed by atoms with Crippen LogP contribution in [-0.2, 0) is 12.0 Å². The second kappa shape index (κ2) is 5.63. The highest BCUT2D eigenvalue weighted by Crippen LogP contribution is 2.56. The van der Waals surface area contributed by atoms with E-state index in [1.54, 1.807) is 7.11 Å².